The van der Waals surface area contributed by atoms with E-state index in [1.807, 2.05) is 0 Å². The van der Waals surface area contributed by atoms with Crippen molar-refractivity contribution in [2.45, 2.75) is 29.3 Å². The van der Waals surface area contributed by atoms with Crippen molar-refractivity contribution in [3.8, 4) is 0 Å². The molecule has 0 aliphatic heterocycles. The molecule has 0 spiro atoms. The summed E-state index contributed by atoms with van der Waals surface area (Å²) in [6, 6.07) is 0. The molecule has 0 bridgehead atoms. The van der Waals surface area contributed by atoms with Gasteiger partial charge < -0.3 is 28.1 Å². The van der Waals surface area contributed by atoms with Crippen LogP contribution < -0.4 is 0 Å². The molecule has 2 unspecified atom stereocenters. The van der Waals surface area contributed by atoms with Crippen molar-refractivity contribution in [2.24, 2.45) is 0 Å². The van der Waals surface area contributed by atoms with Crippen molar-refractivity contribution in [1.82, 2.24) is 0 Å². The molecule has 1 aliphatic rings. The van der Waals surface area contributed by atoms with Gasteiger partial charge in [-0.05, 0) is 26.0 Å². The van der Waals surface area contributed by atoms with E-state index in [4.69, 9.17) is 4.74 Å². The van der Waals surface area contributed by atoms with Gasteiger partial charge in [-0.15, -0.1) is 0 Å². The van der Waals surface area contributed by atoms with Crippen LogP contribution in [0.25, 0.3) is 16.0 Å². The van der Waals surface area contributed by atoms with Gasteiger partial charge in [-0.3, -0.25) is 0 Å². The topological polar surface area (TPSA) is 51.5 Å². The smallest absolute Gasteiger partial charge is 0.668 e. The normalized spacial score (nSPS) is 20.3. The first-order chi connectivity index (χ1) is 7.67. The van der Waals surface area contributed by atoms with Gasteiger partial charge in [-0.1, -0.05) is 22.6 Å². The Morgan fingerprint density at radius 3 is 1.78 bits per heavy atom. The molecule has 0 N–H and O–H groups in total. The maximum Gasteiger partial charge on any atom is 4.00 e. The van der Waals surface area contributed by atoms with Gasteiger partial charge in [0.1, 0.15) is 0 Å². The number of halogens is 1. The first kappa shape index (κ1) is 27.6. The fourth-order valence-corrected chi connectivity index (χ4v) is 2.25. The number of hydrogen-bond acceptors (Lipinski definition) is 1. The summed E-state index contributed by atoms with van der Waals surface area (Å²) in [5, 5.41) is 10.9. The number of ether oxygens (including phenoxy) is 1. The van der Waals surface area contributed by atoms with Crippen LogP contribution in [-0.2, 0) is 26.5 Å². The van der Waals surface area contributed by atoms with Crippen LogP contribution in [0.1, 0.15) is 19.3 Å². The van der Waals surface area contributed by atoms with Crippen molar-refractivity contribution >= 4 is 22.6 Å². The molecule has 0 aromatic carbocycles. The molecule has 6 heteroatoms. The average molecular weight is 405 g/mol. The van der Waals surface area contributed by atoms with Crippen LogP contribution in [0.4, 0.5) is 0 Å². The summed E-state index contributed by atoms with van der Waals surface area (Å²) >= 11 is 2.47. The van der Waals surface area contributed by atoms with Crippen LogP contribution in [0.5, 0.6) is 0 Å². The molecule has 0 aromatic rings. The first-order valence-corrected chi connectivity index (χ1v) is 6.69. The molecule has 4 nitrogen and oxygen atoms in total. The van der Waals surface area contributed by atoms with Gasteiger partial charge in [-0.2, -0.15) is 35.2 Å². The Balaban J connectivity index is -0.000000106. The van der Waals surface area contributed by atoms with Gasteiger partial charge in [0.05, 0.1) is 6.10 Å². The fraction of sp³-hybridized carbons (Fsp3) is 0.917. The van der Waals surface area contributed by atoms with E-state index in [0.29, 0.717) is 12.8 Å². The van der Waals surface area contributed by atoms with Gasteiger partial charge >= 0.3 is 21.7 Å². The Bertz CT molecular complexity index is 132. The predicted octanol–water partition coefficient (Wildman–Crippen LogP) is 4.01. The Morgan fingerprint density at radius 1 is 1.06 bits per heavy atom. The molecule has 2 atom stereocenters. The molecule has 1 rings (SSSR count). The first-order valence-electron chi connectivity index (χ1n) is 5.44. The number of rotatable bonds is 3. The fourth-order valence-electron chi connectivity index (χ4n) is 1.24. The molecule has 0 saturated heterocycles. The Morgan fingerprint density at radius 2 is 1.50 bits per heavy atom. The van der Waals surface area contributed by atoms with Crippen LogP contribution in [0.15, 0.2) is 0 Å². The van der Waals surface area contributed by atoms with E-state index in [0.717, 1.165) is 3.92 Å². The number of nitrogens with zero attached hydrogens (tertiary/aromatic N) is 3. The van der Waals surface area contributed by atoms with Gasteiger partial charge in [0.25, 0.3) is 0 Å². The summed E-state index contributed by atoms with van der Waals surface area (Å²) in [4.78, 5) is 0. The van der Waals surface area contributed by atoms with E-state index in [-0.39, 0.29) is 29.1 Å². The largest absolute Gasteiger partial charge is 4.00 e. The quantitative estimate of drug-likeness (QED) is 0.303. The van der Waals surface area contributed by atoms with Crippen LogP contribution in [-0.4, -0.2) is 52.0 Å². The molecule has 1 fully saturated rings. The molecule has 108 valence electrons. The molecular weight excluding hydrogens is 377 g/mol. The maximum absolute atomic E-state index is 5.49. The van der Waals surface area contributed by atoms with Crippen molar-refractivity contribution in [2.75, 3.05) is 42.0 Å². The van der Waals surface area contributed by atoms with Gasteiger partial charge in [0.2, 0.25) is 0 Å². The zero-order chi connectivity index (χ0) is 12.8. The van der Waals surface area contributed by atoms with E-state index in [1.165, 1.54) is 19.3 Å². The third-order valence-corrected chi connectivity index (χ3v) is 3.21. The minimum Gasteiger partial charge on any atom is -0.668 e. The van der Waals surface area contributed by atoms with Crippen molar-refractivity contribution in [3.05, 3.63) is 23.4 Å². The third kappa shape index (κ3) is 19.6. The third-order valence-electron chi connectivity index (χ3n) is 1.79. The second-order valence-electron chi connectivity index (χ2n) is 3.49. The summed E-state index contributed by atoms with van der Waals surface area (Å²) in [6.07, 6.45) is 4.34. The molecule has 0 radical (unpaired) electrons. The van der Waals surface area contributed by atoms with Crippen LogP contribution in [0.2, 0.25) is 0 Å². The van der Waals surface area contributed by atoms with Gasteiger partial charge in [0, 0.05) is 3.92 Å². The zero-order valence-electron chi connectivity index (χ0n) is 12.6. The van der Waals surface area contributed by atoms with Crippen molar-refractivity contribution in [3.63, 3.8) is 0 Å². The van der Waals surface area contributed by atoms with Crippen LogP contribution in [0, 0.1) is 7.43 Å². The van der Waals surface area contributed by atoms with Gasteiger partial charge in [0.15, 0.2) is 0 Å². The monoisotopic (exact) mass is 405 g/mol. The van der Waals surface area contributed by atoms with E-state index in [2.05, 4.69) is 38.5 Å². The molecule has 1 aliphatic carbocycles. The minimum absolute atomic E-state index is 0. The van der Waals surface area contributed by atoms with E-state index >= 15 is 0 Å². The number of alkyl halides is 1. The van der Waals surface area contributed by atoms with E-state index < -0.39 is 0 Å². The van der Waals surface area contributed by atoms with E-state index in [9.17, 15) is 0 Å². The second kappa shape index (κ2) is 23.4. The SMILES string of the molecule is C[N-]C.C[N-]C.C[N-]COC1CCCC1I.[CH3-].[Ti+4]. The van der Waals surface area contributed by atoms with E-state index in [1.54, 1.807) is 35.2 Å². The number of hydrogen-bond donors (Lipinski definition) is 0. The second-order valence-corrected chi connectivity index (χ2v) is 5.09. The molecule has 1 saturated carbocycles. The molecule has 0 amide bonds. The average Bonchev–Trinajstić information content (AvgIpc) is 2.63. The summed E-state index contributed by atoms with van der Waals surface area (Å²) in [5.41, 5.74) is 0. The van der Waals surface area contributed by atoms with Crippen molar-refractivity contribution in [1.29, 1.82) is 0 Å². The zero-order valence-corrected chi connectivity index (χ0v) is 16.3. The molecular formula is C12H28IN3OTi. The minimum atomic E-state index is 0. The summed E-state index contributed by atoms with van der Waals surface area (Å²) < 4.78 is 6.21. The standard InChI is InChI=1S/C7H13INO.2C2H6N.CH3.Ti/c1-9-5-10-7-4-2-3-6(7)8;2*1-3-2;;/h6-7H,2-5H2,1H3;2*1-2H3;1H3;/q4*-1;+4. The summed E-state index contributed by atoms with van der Waals surface area (Å²) in [6.45, 7) is 0.574. The Labute approximate surface area is 143 Å². The van der Waals surface area contributed by atoms with Crippen LogP contribution >= 0.6 is 22.6 Å². The molecule has 18 heavy (non-hydrogen) atoms. The van der Waals surface area contributed by atoms with Crippen molar-refractivity contribution < 1.29 is 26.5 Å². The molecule has 0 heterocycles. The Hall–Kier alpha value is 1.28. The summed E-state index contributed by atoms with van der Waals surface area (Å²) in [7, 11) is 8.79. The van der Waals surface area contributed by atoms with Crippen LogP contribution in [0.3, 0.4) is 0 Å². The Kier molecular flexibility index (Phi) is 35.8. The predicted molar refractivity (Wildman–Crippen MR) is 87.5 cm³/mol. The maximum atomic E-state index is 5.49. The molecule has 0 aromatic heterocycles. The summed E-state index contributed by atoms with van der Waals surface area (Å²) in [5.74, 6) is 0. The van der Waals surface area contributed by atoms with Gasteiger partial charge in [-0.25, -0.2) is 0 Å².